The summed E-state index contributed by atoms with van der Waals surface area (Å²) in [6.07, 6.45) is 0.504. The van der Waals surface area contributed by atoms with E-state index in [4.69, 9.17) is 23.8 Å². The van der Waals surface area contributed by atoms with Crippen molar-refractivity contribution in [2.45, 2.75) is 6.42 Å². The van der Waals surface area contributed by atoms with Crippen LogP contribution in [0.2, 0.25) is 0 Å². The van der Waals surface area contributed by atoms with Crippen molar-refractivity contribution < 1.29 is 8.83 Å². The standard InChI is InChI=1S/C46H27N3O2S/c1-2-10-27(11-3-1)45-47-42(48-46(49-45)30-20-22-33-32-13-4-6-17-37(32)51-40(33)25-30)26-29-12-8-18-39-43(29)36-24-28(21-23-38(36)50-39)31-15-9-16-35-34-14-5-7-19-41(34)52-44(31)35/h1-25H,26H2. The van der Waals surface area contributed by atoms with Crippen molar-refractivity contribution in [2.75, 3.05) is 0 Å². The molecule has 4 heterocycles. The summed E-state index contributed by atoms with van der Waals surface area (Å²) < 4.78 is 15.3. The Labute approximate surface area is 301 Å². The quantitative estimate of drug-likeness (QED) is 0.180. The molecule has 0 atom stereocenters. The first-order valence-electron chi connectivity index (χ1n) is 17.3. The lowest BCUT2D eigenvalue weighted by molar-refractivity contribution is 0.668. The predicted molar refractivity (Wildman–Crippen MR) is 213 cm³/mol. The first-order valence-corrected chi connectivity index (χ1v) is 18.1. The Morgan fingerprint density at radius 2 is 1.13 bits per heavy atom. The van der Waals surface area contributed by atoms with Crippen LogP contribution in [0, 0.1) is 0 Å². The molecule has 5 nitrogen and oxygen atoms in total. The van der Waals surface area contributed by atoms with Crippen molar-refractivity contribution >= 4 is 75.4 Å². The molecule has 0 unspecified atom stereocenters. The highest BCUT2D eigenvalue weighted by atomic mass is 32.1. The van der Waals surface area contributed by atoms with Crippen LogP contribution in [0.3, 0.4) is 0 Å². The first kappa shape index (κ1) is 29.1. The molecule has 244 valence electrons. The van der Waals surface area contributed by atoms with E-state index in [2.05, 4.69) is 91.0 Å². The maximum absolute atomic E-state index is 6.45. The molecule has 11 aromatic rings. The van der Waals surface area contributed by atoms with Crippen LogP contribution in [-0.2, 0) is 6.42 Å². The molecule has 52 heavy (non-hydrogen) atoms. The SMILES string of the molecule is c1ccc(-c2nc(Cc3cccc4oc5ccc(-c6cccc7c6sc6ccccc67)cc5c34)nc(-c3ccc4c(c3)oc3ccccc34)n2)cc1. The molecule has 0 fully saturated rings. The van der Waals surface area contributed by atoms with Crippen LogP contribution in [-0.4, -0.2) is 15.0 Å². The molecular formula is C46H27N3O2S. The van der Waals surface area contributed by atoms with Crippen LogP contribution in [0.1, 0.15) is 11.4 Å². The van der Waals surface area contributed by atoms with Crippen LogP contribution in [0.5, 0.6) is 0 Å². The number of aromatic nitrogens is 3. The summed E-state index contributed by atoms with van der Waals surface area (Å²) >= 11 is 1.85. The summed E-state index contributed by atoms with van der Waals surface area (Å²) in [6, 6.07) is 52.5. The first-order chi connectivity index (χ1) is 25.7. The van der Waals surface area contributed by atoms with Crippen LogP contribution in [0.4, 0.5) is 0 Å². The lowest BCUT2D eigenvalue weighted by Gasteiger charge is -2.09. The molecular weight excluding hydrogens is 659 g/mol. The number of hydrogen-bond acceptors (Lipinski definition) is 6. The summed E-state index contributed by atoms with van der Waals surface area (Å²) in [5.74, 6) is 1.92. The van der Waals surface area contributed by atoms with Gasteiger partial charge < -0.3 is 8.83 Å². The van der Waals surface area contributed by atoms with Gasteiger partial charge in [-0.15, -0.1) is 11.3 Å². The average molecular weight is 686 g/mol. The molecule has 0 bridgehead atoms. The fraction of sp³-hybridized carbons (Fsp3) is 0.0217. The second kappa shape index (κ2) is 11.5. The Morgan fingerprint density at radius 3 is 2.06 bits per heavy atom. The highest BCUT2D eigenvalue weighted by Gasteiger charge is 2.18. The van der Waals surface area contributed by atoms with Crippen molar-refractivity contribution in [3.8, 4) is 33.9 Å². The second-order valence-electron chi connectivity index (χ2n) is 13.1. The van der Waals surface area contributed by atoms with Crippen molar-refractivity contribution in [3.63, 3.8) is 0 Å². The Bertz CT molecular complexity index is 3170. The van der Waals surface area contributed by atoms with Gasteiger partial charge in [-0.1, -0.05) is 109 Å². The van der Waals surface area contributed by atoms with Crippen molar-refractivity contribution in [2.24, 2.45) is 0 Å². The summed E-state index contributed by atoms with van der Waals surface area (Å²) in [6.45, 7) is 0. The Kier molecular flexibility index (Phi) is 6.42. The lowest BCUT2D eigenvalue weighted by Crippen LogP contribution is -2.04. The van der Waals surface area contributed by atoms with Gasteiger partial charge in [-0.2, -0.15) is 0 Å². The largest absolute Gasteiger partial charge is 0.456 e. The Balaban J connectivity index is 1.05. The van der Waals surface area contributed by atoms with Gasteiger partial charge in [0.25, 0.3) is 0 Å². The number of thiophene rings is 1. The zero-order chi connectivity index (χ0) is 34.2. The van der Waals surface area contributed by atoms with Gasteiger partial charge in [-0.05, 0) is 59.2 Å². The number of hydrogen-bond donors (Lipinski definition) is 0. The van der Waals surface area contributed by atoms with Crippen molar-refractivity contribution in [3.05, 3.63) is 163 Å². The number of benzene rings is 7. The van der Waals surface area contributed by atoms with E-state index < -0.39 is 0 Å². The van der Waals surface area contributed by atoms with E-state index in [1.54, 1.807) is 0 Å². The van der Waals surface area contributed by atoms with Crippen LogP contribution in [0.15, 0.2) is 160 Å². The molecule has 7 aromatic carbocycles. The Hall–Kier alpha value is -6.63. The molecule has 0 radical (unpaired) electrons. The van der Waals surface area contributed by atoms with Gasteiger partial charge in [-0.3, -0.25) is 0 Å². The molecule has 0 amide bonds. The number of furan rings is 2. The topological polar surface area (TPSA) is 65.0 Å². The van der Waals surface area contributed by atoms with Gasteiger partial charge in [0.2, 0.25) is 0 Å². The third kappa shape index (κ3) is 4.65. The van der Waals surface area contributed by atoms with Gasteiger partial charge in [0, 0.05) is 59.3 Å². The summed E-state index contributed by atoms with van der Waals surface area (Å²) in [4.78, 5) is 15.1. The zero-order valence-corrected chi connectivity index (χ0v) is 28.5. The molecule has 0 aliphatic carbocycles. The minimum atomic E-state index is 0.504. The van der Waals surface area contributed by atoms with Crippen LogP contribution >= 0.6 is 11.3 Å². The number of nitrogens with zero attached hydrogens (tertiary/aromatic N) is 3. The normalized spacial score (nSPS) is 11.9. The molecule has 6 heteroatoms. The maximum Gasteiger partial charge on any atom is 0.163 e. The third-order valence-electron chi connectivity index (χ3n) is 10.00. The Morgan fingerprint density at radius 1 is 0.442 bits per heavy atom. The van der Waals surface area contributed by atoms with Gasteiger partial charge >= 0.3 is 0 Å². The van der Waals surface area contributed by atoms with Gasteiger partial charge in [0.15, 0.2) is 11.6 Å². The monoisotopic (exact) mass is 685 g/mol. The zero-order valence-electron chi connectivity index (χ0n) is 27.7. The molecule has 0 saturated carbocycles. The molecule has 0 aliphatic heterocycles. The molecule has 0 aliphatic rings. The van der Waals surface area contributed by atoms with E-state index in [1.165, 1.54) is 25.7 Å². The smallest absolute Gasteiger partial charge is 0.163 e. The van der Waals surface area contributed by atoms with E-state index in [-0.39, 0.29) is 0 Å². The molecule has 0 saturated heterocycles. The highest BCUT2D eigenvalue weighted by molar-refractivity contribution is 7.26. The number of fused-ring (bicyclic) bond motifs is 9. The fourth-order valence-electron chi connectivity index (χ4n) is 7.57. The van der Waals surface area contributed by atoms with Gasteiger partial charge in [0.1, 0.15) is 28.2 Å². The van der Waals surface area contributed by atoms with Crippen molar-refractivity contribution in [1.82, 2.24) is 15.0 Å². The maximum atomic E-state index is 6.45. The van der Waals surface area contributed by atoms with Gasteiger partial charge in [0.05, 0.1) is 0 Å². The predicted octanol–water partition coefficient (Wildman–Crippen LogP) is 12.6. The molecule has 11 rings (SSSR count). The van der Waals surface area contributed by atoms with Crippen LogP contribution in [0.25, 0.3) is 98.0 Å². The van der Waals surface area contributed by atoms with E-state index in [9.17, 15) is 0 Å². The van der Waals surface area contributed by atoms with Crippen molar-refractivity contribution in [1.29, 1.82) is 0 Å². The summed E-state index contributed by atoms with van der Waals surface area (Å²) in [5, 5.41) is 6.90. The number of rotatable bonds is 5. The second-order valence-corrected chi connectivity index (χ2v) is 14.2. The summed E-state index contributed by atoms with van der Waals surface area (Å²) in [5.41, 5.74) is 8.66. The summed E-state index contributed by atoms with van der Waals surface area (Å²) in [7, 11) is 0. The fourth-order valence-corrected chi connectivity index (χ4v) is 8.81. The average Bonchev–Trinajstić information content (AvgIpc) is 3.89. The third-order valence-corrected chi connectivity index (χ3v) is 11.2. The molecule has 0 spiro atoms. The van der Waals surface area contributed by atoms with E-state index in [0.717, 1.165) is 66.1 Å². The van der Waals surface area contributed by atoms with Crippen LogP contribution < -0.4 is 0 Å². The van der Waals surface area contributed by atoms with Gasteiger partial charge in [-0.25, -0.2) is 15.0 Å². The minimum absolute atomic E-state index is 0.504. The highest BCUT2D eigenvalue weighted by Crippen LogP contribution is 2.42. The van der Waals surface area contributed by atoms with E-state index >= 15 is 0 Å². The molecule has 0 N–H and O–H groups in total. The van der Waals surface area contributed by atoms with E-state index in [0.29, 0.717) is 23.9 Å². The van der Waals surface area contributed by atoms with E-state index in [1.807, 2.05) is 72.0 Å². The number of para-hydroxylation sites is 1. The minimum Gasteiger partial charge on any atom is -0.456 e. The lowest BCUT2D eigenvalue weighted by atomic mass is 9.98. The molecule has 4 aromatic heterocycles.